The molecule has 1 atom stereocenters. The predicted octanol–water partition coefficient (Wildman–Crippen LogP) is 3.94. The molecule has 0 saturated carbocycles. The standard InChI is InChI=1S/C14H15ClOS/c15-14-9-8-13(17-14)10-12(16)7-6-11-4-2-1-3-5-11/h1-5,8-9,12,16H,6-7,10H2. The second-order valence-corrected chi connectivity index (χ2v) is 5.89. The molecule has 1 aromatic carbocycles. The molecule has 0 saturated heterocycles. The highest BCUT2D eigenvalue weighted by atomic mass is 35.5. The van der Waals surface area contributed by atoms with E-state index < -0.39 is 0 Å². The molecule has 0 spiro atoms. The molecule has 1 aromatic heterocycles. The average molecular weight is 267 g/mol. The lowest BCUT2D eigenvalue weighted by Gasteiger charge is -2.08. The van der Waals surface area contributed by atoms with E-state index in [9.17, 15) is 5.11 Å². The van der Waals surface area contributed by atoms with Gasteiger partial charge in [0, 0.05) is 11.3 Å². The van der Waals surface area contributed by atoms with Crippen LogP contribution in [0.3, 0.4) is 0 Å². The molecule has 0 bridgehead atoms. The number of hydrogen-bond acceptors (Lipinski definition) is 2. The van der Waals surface area contributed by atoms with Crippen LogP contribution in [0.25, 0.3) is 0 Å². The molecular formula is C14H15ClOS. The van der Waals surface area contributed by atoms with Crippen LogP contribution in [0.2, 0.25) is 4.34 Å². The van der Waals surface area contributed by atoms with Gasteiger partial charge in [-0.3, -0.25) is 0 Å². The van der Waals surface area contributed by atoms with Crippen molar-refractivity contribution in [3.8, 4) is 0 Å². The summed E-state index contributed by atoms with van der Waals surface area (Å²) in [6.45, 7) is 0. The first kappa shape index (κ1) is 12.6. The largest absolute Gasteiger partial charge is 0.393 e. The molecule has 0 fully saturated rings. The first-order chi connectivity index (χ1) is 8.24. The Labute approximate surface area is 111 Å². The first-order valence-electron chi connectivity index (χ1n) is 5.70. The third-order valence-electron chi connectivity index (χ3n) is 2.67. The zero-order valence-electron chi connectivity index (χ0n) is 9.47. The lowest BCUT2D eigenvalue weighted by atomic mass is 10.0. The summed E-state index contributed by atoms with van der Waals surface area (Å²) >= 11 is 7.40. The molecule has 0 aliphatic rings. The van der Waals surface area contributed by atoms with Gasteiger partial charge in [-0.05, 0) is 30.5 Å². The van der Waals surface area contributed by atoms with Crippen LogP contribution in [0, 0.1) is 0 Å². The molecule has 1 heterocycles. The fourth-order valence-corrected chi connectivity index (χ4v) is 2.93. The highest BCUT2D eigenvalue weighted by Gasteiger charge is 2.07. The first-order valence-corrected chi connectivity index (χ1v) is 6.89. The molecule has 2 aromatic rings. The van der Waals surface area contributed by atoms with Gasteiger partial charge in [0.05, 0.1) is 10.4 Å². The monoisotopic (exact) mass is 266 g/mol. The highest BCUT2D eigenvalue weighted by molar-refractivity contribution is 7.16. The van der Waals surface area contributed by atoms with E-state index in [4.69, 9.17) is 11.6 Å². The smallest absolute Gasteiger partial charge is 0.0931 e. The number of thiophene rings is 1. The summed E-state index contributed by atoms with van der Waals surface area (Å²) in [5, 5.41) is 9.94. The molecule has 0 aliphatic carbocycles. The van der Waals surface area contributed by atoms with E-state index in [2.05, 4.69) is 12.1 Å². The number of aryl methyl sites for hydroxylation is 1. The van der Waals surface area contributed by atoms with Crippen LogP contribution in [0.1, 0.15) is 16.9 Å². The minimum absolute atomic E-state index is 0.287. The third kappa shape index (κ3) is 4.15. The Balaban J connectivity index is 1.80. The van der Waals surface area contributed by atoms with Gasteiger partial charge in [0.2, 0.25) is 0 Å². The van der Waals surface area contributed by atoms with E-state index in [0.29, 0.717) is 6.42 Å². The van der Waals surface area contributed by atoms with Crippen molar-refractivity contribution >= 4 is 22.9 Å². The molecule has 1 unspecified atom stereocenters. The summed E-state index contributed by atoms with van der Waals surface area (Å²) in [4.78, 5) is 1.15. The van der Waals surface area contributed by atoms with Gasteiger partial charge in [-0.25, -0.2) is 0 Å². The topological polar surface area (TPSA) is 20.2 Å². The Morgan fingerprint density at radius 3 is 2.53 bits per heavy atom. The molecule has 0 radical (unpaired) electrons. The van der Waals surface area contributed by atoms with E-state index in [1.54, 1.807) is 11.3 Å². The van der Waals surface area contributed by atoms with Crippen LogP contribution < -0.4 is 0 Å². The summed E-state index contributed by atoms with van der Waals surface area (Å²) in [5.41, 5.74) is 1.27. The number of aliphatic hydroxyl groups excluding tert-OH is 1. The molecule has 1 nitrogen and oxygen atoms in total. The molecule has 90 valence electrons. The SMILES string of the molecule is OC(CCc1ccccc1)Cc1ccc(Cl)s1. The van der Waals surface area contributed by atoms with Crippen LogP contribution in [-0.2, 0) is 12.8 Å². The highest BCUT2D eigenvalue weighted by Crippen LogP contribution is 2.23. The average Bonchev–Trinajstić information content (AvgIpc) is 2.73. The van der Waals surface area contributed by atoms with Crippen LogP contribution >= 0.6 is 22.9 Å². The van der Waals surface area contributed by atoms with Gasteiger partial charge >= 0.3 is 0 Å². The summed E-state index contributed by atoms with van der Waals surface area (Å²) in [6, 6.07) is 14.1. The number of rotatable bonds is 5. The zero-order chi connectivity index (χ0) is 12.1. The molecule has 17 heavy (non-hydrogen) atoms. The molecular weight excluding hydrogens is 252 g/mol. The van der Waals surface area contributed by atoms with Gasteiger partial charge in [0.1, 0.15) is 0 Å². The van der Waals surface area contributed by atoms with E-state index in [-0.39, 0.29) is 6.10 Å². The van der Waals surface area contributed by atoms with E-state index in [1.807, 2.05) is 30.3 Å². The van der Waals surface area contributed by atoms with Gasteiger partial charge in [0.15, 0.2) is 0 Å². The van der Waals surface area contributed by atoms with Crippen LogP contribution in [-0.4, -0.2) is 11.2 Å². The van der Waals surface area contributed by atoms with Crippen molar-refractivity contribution in [2.24, 2.45) is 0 Å². The quantitative estimate of drug-likeness (QED) is 0.869. The summed E-state index contributed by atoms with van der Waals surface area (Å²) in [5.74, 6) is 0. The molecule has 3 heteroatoms. The fourth-order valence-electron chi connectivity index (χ4n) is 1.77. The summed E-state index contributed by atoms with van der Waals surface area (Å²) < 4.78 is 0.787. The van der Waals surface area contributed by atoms with Gasteiger partial charge in [-0.15, -0.1) is 11.3 Å². The van der Waals surface area contributed by atoms with Crippen molar-refractivity contribution in [2.45, 2.75) is 25.4 Å². The maximum atomic E-state index is 9.94. The molecule has 2 rings (SSSR count). The normalized spacial score (nSPS) is 12.6. The van der Waals surface area contributed by atoms with Gasteiger partial charge in [0.25, 0.3) is 0 Å². The van der Waals surface area contributed by atoms with Crippen molar-refractivity contribution in [2.75, 3.05) is 0 Å². The second-order valence-electron chi connectivity index (χ2n) is 4.09. The summed E-state index contributed by atoms with van der Waals surface area (Å²) in [6.07, 6.45) is 2.12. The number of benzene rings is 1. The molecule has 1 N–H and O–H groups in total. The Morgan fingerprint density at radius 2 is 1.88 bits per heavy atom. The lowest BCUT2D eigenvalue weighted by Crippen LogP contribution is -2.10. The van der Waals surface area contributed by atoms with Gasteiger partial charge in [-0.2, -0.15) is 0 Å². The fraction of sp³-hybridized carbons (Fsp3) is 0.286. The van der Waals surface area contributed by atoms with Crippen molar-refractivity contribution in [1.29, 1.82) is 0 Å². The third-order valence-corrected chi connectivity index (χ3v) is 3.93. The van der Waals surface area contributed by atoms with Crippen molar-refractivity contribution in [3.63, 3.8) is 0 Å². The van der Waals surface area contributed by atoms with E-state index in [0.717, 1.165) is 22.1 Å². The van der Waals surface area contributed by atoms with E-state index in [1.165, 1.54) is 5.56 Å². The second kappa shape index (κ2) is 6.20. The molecule has 0 aliphatic heterocycles. The number of hydrogen-bond donors (Lipinski definition) is 1. The van der Waals surface area contributed by atoms with E-state index >= 15 is 0 Å². The number of aliphatic hydroxyl groups is 1. The van der Waals surface area contributed by atoms with Crippen molar-refractivity contribution in [3.05, 3.63) is 57.2 Å². The Hall–Kier alpha value is -0.830. The van der Waals surface area contributed by atoms with Crippen LogP contribution in [0.4, 0.5) is 0 Å². The van der Waals surface area contributed by atoms with Crippen molar-refractivity contribution in [1.82, 2.24) is 0 Å². The van der Waals surface area contributed by atoms with Crippen LogP contribution in [0.5, 0.6) is 0 Å². The Bertz CT molecular complexity index is 452. The predicted molar refractivity (Wildman–Crippen MR) is 73.8 cm³/mol. The zero-order valence-corrected chi connectivity index (χ0v) is 11.0. The maximum Gasteiger partial charge on any atom is 0.0931 e. The Kier molecular flexibility index (Phi) is 4.60. The number of halogens is 1. The van der Waals surface area contributed by atoms with Crippen molar-refractivity contribution < 1.29 is 5.11 Å². The minimum atomic E-state index is -0.287. The minimum Gasteiger partial charge on any atom is -0.393 e. The summed E-state index contributed by atoms with van der Waals surface area (Å²) in [7, 11) is 0. The molecule has 0 amide bonds. The lowest BCUT2D eigenvalue weighted by molar-refractivity contribution is 0.166. The van der Waals surface area contributed by atoms with Gasteiger partial charge < -0.3 is 5.11 Å². The van der Waals surface area contributed by atoms with Gasteiger partial charge in [-0.1, -0.05) is 41.9 Å². The Morgan fingerprint density at radius 1 is 1.12 bits per heavy atom. The van der Waals surface area contributed by atoms with Crippen LogP contribution in [0.15, 0.2) is 42.5 Å². The maximum absolute atomic E-state index is 9.94.